The molecule has 0 unspecified atom stereocenters. The number of benzene rings is 1. The average Bonchev–Trinajstić information content (AvgIpc) is 3.02. The number of nitriles is 1. The molecule has 0 spiro atoms. The minimum atomic E-state index is -0.115. The first-order chi connectivity index (χ1) is 13.2. The number of fused-ring (bicyclic) bond motifs is 2. The monoisotopic (exact) mass is 394 g/mol. The van der Waals surface area contributed by atoms with Gasteiger partial charge in [0.1, 0.15) is 21.9 Å². The number of hydrogen-bond donors (Lipinski definition) is 1. The van der Waals surface area contributed by atoms with Crippen molar-refractivity contribution in [1.82, 2.24) is 9.97 Å². The minimum absolute atomic E-state index is 0.115. The molecule has 0 bridgehead atoms. The maximum atomic E-state index is 12.5. The van der Waals surface area contributed by atoms with Crippen LogP contribution in [0.4, 0.5) is 5.00 Å². The molecule has 1 aliphatic carbocycles. The number of nitrogens with zero attached hydrogens (tertiary/aromatic N) is 3. The van der Waals surface area contributed by atoms with Crippen LogP contribution in [0.15, 0.2) is 29.3 Å². The maximum Gasteiger partial charge on any atom is 0.235 e. The molecule has 2 aromatic heterocycles. The first kappa shape index (κ1) is 18.0. The van der Waals surface area contributed by atoms with Gasteiger partial charge >= 0.3 is 0 Å². The molecule has 0 atom stereocenters. The summed E-state index contributed by atoms with van der Waals surface area (Å²) < 4.78 is 0. The quantitative estimate of drug-likeness (QED) is 0.521. The number of amides is 1. The highest BCUT2D eigenvalue weighted by Crippen LogP contribution is 2.37. The fourth-order valence-electron chi connectivity index (χ4n) is 3.34. The second kappa shape index (κ2) is 7.67. The van der Waals surface area contributed by atoms with Gasteiger partial charge in [-0.05, 0) is 44.2 Å². The number of anilines is 1. The molecule has 5 nitrogen and oxygen atoms in total. The predicted molar refractivity (Wildman–Crippen MR) is 109 cm³/mol. The molecule has 4 rings (SSSR count). The van der Waals surface area contributed by atoms with Crippen molar-refractivity contribution in [2.24, 2.45) is 0 Å². The molecule has 0 fully saturated rings. The lowest BCUT2D eigenvalue weighted by molar-refractivity contribution is -0.113. The number of nitrogens with one attached hydrogen (secondary N) is 1. The van der Waals surface area contributed by atoms with Crippen molar-refractivity contribution in [3.05, 3.63) is 46.1 Å². The van der Waals surface area contributed by atoms with Crippen molar-refractivity contribution in [2.75, 3.05) is 11.1 Å². The van der Waals surface area contributed by atoms with Crippen LogP contribution in [-0.2, 0) is 17.6 Å². The topological polar surface area (TPSA) is 78.7 Å². The van der Waals surface area contributed by atoms with Crippen LogP contribution in [0.1, 0.15) is 34.7 Å². The molecule has 1 aliphatic rings. The van der Waals surface area contributed by atoms with Gasteiger partial charge in [0.25, 0.3) is 0 Å². The normalized spacial score (nSPS) is 13.2. The summed E-state index contributed by atoms with van der Waals surface area (Å²) in [6, 6.07) is 10.1. The lowest BCUT2D eigenvalue weighted by Crippen LogP contribution is -2.14. The fraction of sp³-hybridized carbons (Fsp3) is 0.300. The Kier molecular flexibility index (Phi) is 5.10. The number of thioether (sulfide) groups is 1. The summed E-state index contributed by atoms with van der Waals surface area (Å²) in [4.78, 5) is 22.7. The van der Waals surface area contributed by atoms with Gasteiger partial charge in [-0.1, -0.05) is 30.0 Å². The molecular formula is C20H18N4OS2. The summed E-state index contributed by atoms with van der Waals surface area (Å²) in [6.45, 7) is 1.85. The van der Waals surface area contributed by atoms with E-state index in [4.69, 9.17) is 0 Å². The number of rotatable bonds is 4. The van der Waals surface area contributed by atoms with E-state index in [9.17, 15) is 10.1 Å². The van der Waals surface area contributed by atoms with Crippen LogP contribution in [0.5, 0.6) is 0 Å². The van der Waals surface area contributed by atoms with Crippen LogP contribution in [-0.4, -0.2) is 21.6 Å². The zero-order chi connectivity index (χ0) is 18.8. The third kappa shape index (κ3) is 3.68. The number of hydrogen-bond acceptors (Lipinski definition) is 6. The first-order valence-electron chi connectivity index (χ1n) is 8.86. The van der Waals surface area contributed by atoms with E-state index in [1.165, 1.54) is 16.6 Å². The van der Waals surface area contributed by atoms with E-state index in [0.29, 0.717) is 16.4 Å². The van der Waals surface area contributed by atoms with Gasteiger partial charge in [-0.25, -0.2) is 9.97 Å². The second-order valence-corrected chi connectivity index (χ2v) is 8.53. The van der Waals surface area contributed by atoms with Crippen molar-refractivity contribution in [1.29, 1.82) is 5.26 Å². The van der Waals surface area contributed by atoms with E-state index >= 15 is 0 Å². The Morgan fingerprint density at radius 1 is 1.30 bits per heavy atom. The van der Waals surface area contributed by atoms with E-state index in [1.54, 1.807) is 11.3 Å². The summed E-state index contributed by atoms with van der Waals surface area (Å²) in [7, 11) is 0. The summed E-state index contributed by atoms with van der Waals surface area (Å²) in [5.74, 6) is 0.818. The number of para-hydroxylation sites is 1. The minimum Gasteiger partial charge on any atom is -0.316 e. The molecule has 0 saturated carbocycles. The van der Waals surface area contributed by atoms with Gasteiger partial charge in [0.15, 0.2) is 0 Å². The SMILES string of the molecule is Cc1nc(SCC(=O)Nc2sc3c(c2C#N)CCCC3)c2ccccc2n1. The van der Waals surface area contributed by atoms with Gasteiger partial charge in [0.05, 0.1) is 16.8 Å². The second-order valence-electron chi connectivity index (χ2n) is 6.46. The Hall–Kier alpha value is -2.43. The first-order valence-corrected chi connectivity index (χ1v) is 10.7. The van der Waals surface area contributed by atoms with Gasteiger partial charge < -0.3 is 5.32 Å². The van der Waals surface area contributed by atoms with Crippen LogP contribution in [0, 0.1) is 18.3 Å². The van der Waals surface area contributed by atoms with E-state index < -0.39 is 0 Å². The Labute approximate surface area is 165 Å². The molecule has 0 radical (unpaired) electrons. The summed E-state index contributed by atoms with van der Waals surface area (Å²) in [5.41, 5.74) is 2.66. The van der Waals surface area contributed by atoms with Crippen LogP contribution in [0.25, 0.3) is 10.9 Å². The zero-order valence-electron chi connectivity index (χ0n) is 14.9. The van der Waals surface area contributed by atoms with Gasteiger partial charge in [0, 0.05) is 10.3 Å². The molecule has 1 aromatic carbocycles. The van der Waals surface area contributed by atoms with Crippen molar-refractivity contribution in [2.45, 2.75) is 37.6 Å². The highest BCUT2D eigenvalue weighted by Gasteiger charge is 2.22. The van der Waals surface area contributed by atoms with E-state index in [1.807, 2.05) is 31.2 Å². The van der Waals surface area contributed by atoms with Gasteiger partial charge in [-0.15, -0.1) is 11.3 Å². The summed E-state index contributed by atoms with van der Waals surface area (Å²) in [5, 5.41) is 14.9. The van der Waals surface area contributed by atoms with Crippen molar-refractivity contribution in [3.63, 3.8) is 0 Å². The fourth-order valence-corrected chi connectivity index (χ4v) is 5.46. The van der Waals surface area contributed by atoms with E-state index in [2.05, 4.69) is 21.4 Å². The maximum absolute atomic E-state index is 12.5. The largest absolute Gasteiger partial charge is 0.316 e. The molecule has 2 heterocycles. The third-order valence-corrected chi connectivity index (χ3v) is 6.75. The highest BCUT2D eigenvalue weighted by molar-refractivity contribution is 8.00. The lowest BCUT2D eigenvalue weighted by atomic mass is 9.96. The lowest BCUT2D eigenvalue weighted by Gasteiger charge is -2.09. The Balaban J connectivity index is 1.50. The summed E-state index contributed by atoms with van der Waals surface area (Å²) >= 11 is 2.95. The van der Waals surface area contributed by atoms with Gasteiger partial charge in [-0.3, -0.25) is 4.79 Å². The van der Waals surface area contributed by atoms with Gasteiger partial charge in [0.2, 0.25) is 5.91 Å². The van der Waals surface area contributed by atoms with Crippen molar-refractivity contribution >= 4 is 44.9 Å². The van der Waals surface area contributed by atoms with E-state index in [-0.39, 0.29) is 11.7 Å². The molecule has 27 heavy (non-hydrogen) atoms. The molecule has 136 valence electrons. The van der Waals surface area contributed by atoms with Crippen LogP contribution in [0.2, 0.25) is 0 Å². The smallest absolute Gasteiger partial charge is 0.235 e. The predicted octanol–water partition coefficient (Wildman–Crippen LogP) is 4.48. The molecule has 1 N–H and O–H groups in total. The Bertz CT molecular complexity index is 1070. The number of carbonyl (C=O) groups is 1. The molecule has 0 aliphatic heterocycles. The molecule has 7 heteroatoms. The highest BCUT2D eigenvalue weighted by atomic mass is 32.2. The molecule has 3 aromatic rings. The Morgan fingerprint density at radius 2 is 2.11 bits per heavy atom. The average molecular weight is 395 g/mol. The number of aryl methyl sites for hydroxylation is 2. The standard InChI is InChI=1S/C20H18N4OS2/c1-12-22-16-8-4-2-7-14(16)19(23-12)26-11-18(25)24-20-15(10-21)13-6-3-5-9-17(13)27-20/h2,4,7-8H,3,5-6,9,11H2,1H3,(H,24,25). The number of thiophene rings is 1. The van der Waals surface area contributed by atoms with E-state index in [0.717, 1.165) is 47.2 Å². The zero-order valence-corrected chi connectivity index (χ0v) is 16.5. The van der Waals surface area contributed by atoms with Crippen LogP contribution in [0.3, 0.4) is 0 Å². The third-order valence-electron chi connectivity index (χ3n) is 4.56. The van der Waals surface area contributed by atoms with Crippen LogP contribution < -0.4 is 5.32 Å². The van der Waals surface area contributed by atoms with Crippen molar-refractivity contribution in [3.8, 4) is 6.07 Å². The molecule has 0 saturated heterocycles. The van der Waals surface area contributed by atoms with Gasteiger partial charge in [-0.2, -0.15) is 5.26 Å². The van der Waals surface area contributed by atoms with Crippen LogP contribution >= 0.6 is 23.1 Å². The Morgan fingerprint density at radius 3 is 2.96 bits per heavy atom. The molecule has 1 amide bonds. The summed E-state index contributed by atoms with van der Waals surface area (Å²) in [6.07, 6.45) is 4.21. The van der Waals surface area contributed by atoms with Crippen molar-refractivity contribution < 1.29 is 4.79 Å². The number of aromatic nitrogens is 2. The molecular weight excluding hydrogens is 376 g/mol. The number of carbonyl (C=O) groups excluding carboxylic acids is 1.